The van der Waals surface area contributed by atoms with Crippen LogP contribution < -0.4 is 0 Å². The SMILES string of the molecule is CC1CC2(C)C(=O)N(CC3CCN(C(=O)C4(c5ccccc5)CCCC4)CC3)C(=N)N12. The molecule has 3 saturated heterocycles. The number of hydrogen-bond donors (Lipinski definition) is 1. The molecule has 6 heteroatoms. The van der Waals surface area contributed by atoms with Crippen LogP contribution in [0.15, 0.2) is 30.3 Å². The summed E-state index contributed by atoms with van der Waals surface area (Å²) in [6.45, 7) is 6.18. The molecule has 1 aromatic rings. The largest absolute Gasteiger partial charge is 0.342 e. The van der Waals surface area contributed by atoms with E-state index in [-0.39, 0.29) is 17.4 Å². The summed E-state index contributed by atoms with van der Waals surface area (Å²) in [5.74, 6) is 1.11. The molecular formula is C25H34N4O2. The predicted octanol–water partition coefficient (Wildman–Crippen LogP) is 3.37. The second kappa shape index (κ2) is 7.35. The van der Waals surface area contributed by atoms with Gasteiger partial charge >= 0.3 is 0 Å². The average Bonchev–Trinajstić information content (AvgIpc) is 3.32. The van der Waals surface area contributed by atoms with Crippen molar-refractivity contribution in [2.75, 3.05) is 19.6 Å². The predicted molar refractivity (Wildman–Crippen MR) is 120 cm³/mol. The van der Waals surface area contributed by atoms with Gasteiger partial charge in [-0.25, -0.2) is 0 Å². The maximum atomic E-state index is 13.7. The van der Waals surface area contributed by atoms with Gasteiger partial charge in [-0.1, -0.05) is 43.2 Å². The molecule has 5 rings (SSSR count). The molecule has 2 atom stereocenters. The van der Waals surface area contributed by atoms with E-state index in [0.29, 0.717) is 24.3 Å². The number of benzene rings is 1. The lowest BCUT2D eigenvalue weighted by Crippen LogP contribution is -2.63. The van der Waals surface area contributed by atoms with Crippen molar-refractivity contribution in [1.29, 1.82) is 5.41 Å². The van der Waals surface area contributed by atoms with Gasteiger partial charge in [0.05, 0.1) is 5.41 Å². The van der Waals surface area contributed by atoms with Crippen molar-refractivity contribution >= 4 is 17.8 Å². The Kier molecular flexibility index (Phi) is 4.87. The van der Waals surface area contributed by atoms with Gasteiger partial charge in [0.1, 0.15) is 5.54 Å². The highest BCUT2D eigenvalue weighted by molar-refractivity contribution is 6.09. The molecule has 2 unspecified atom stereocenters. The molecule has 1 saturated carbocycles. The van der Waals surface area contributed by atoms with Crippen LogP contribution in [0.4, 0.5) is 0 Å². The van der Waals surface area contributed by atoms with Crippen LogP contribution in [0.3, 0.4) is 0 Å². The molecule has 31 heavy (non-hydrogen) atoms. The number of carbonyl (C=O) groups is 2. The maximum absolute atomic E-state index is 13.7. The minimum absolute atomic E-state index is 0.0862. The first-order chi connectivity index (χ1) is 14.9. The molecule has 0 bridgehead atoms. The van der Waals surface area contributed by atoms with E-state index in [1.54, 1.807) is 4.90 Å². The molecule has 2 amide bonds. The third kappa shape index (κ3) is 3.01. The Morgan fingerprint density at radius 1 is 1.13 bits per heavy atom. The van der Waals surface area contributed by atoms with Crippen LogP contribution in [-0.4, -0.2) is 63.7 Å². The van der Waals surface area contributed by atoms with E-state index in [1.165, 1.54) is 5.56 Å². The standard InChI is InChI=1S/C25H34N4O2/c1-18-16-24(2)21(30)28(23(26)29(18)24)17-19-10-14-27(15-11-19)22(31)25(12-6-7-13-25)20-8-4-3-5-9-20/h3-5,8-9,18-19,26H,6-7,10-17H2,1-2H3. The molecule has 1 aliphatic carbocycles. The van der Waals surface area contributed by atoms with Gasteiger partial charge in [0.2, 0.25) is 11.9 Å². The Bertz CT molecular complexity index is 886. The second-order valence-electron chi connectivity index (χ2n) is 10.3. The summed E-state index contributed by atoms with van der Waals surface area (Å²) in [6.07, 6.45) is 6.76. The first-order valence-corrected chi connectivity index (χ1v) is 11.9. The first-order valence-electron chi connectivity index (χ1n) is 11.9. The minimum Gasteiger partial charge on any atom is -0.342 e. The highest BCUT2D eigenvalue weighted by Crippen LogP contribution is 2.45. The number of nitrogens with one attached hydrogen (secondary N) is 1. The van der Waals surface area contributed by atoms with Crippen LogP contribution in [0.25, 0.3) is 0 Å². The first kappa shape index (κ1) is 20.5. The lowest BCUT2D eigenvalue weighted by Gasteiger charge is -2.49. The number of guanidine groups is 1. The Morgan fingerprint density at radius 3 is 2.35 bits per heavy atom. The smallest absolute Gasteiger partial charge is 0.255 e. The van der Waals surface area contributed by atoms with Gasteiger partial charge in [-0.05, 0) is 57.4 Å². The Labute approximate surface area is 185 Å². The normalized spacial score (nSPS) is 30.5. The molecule has 3 heterocycles. The van der Waals surface area contributed by atoms with Crippen molar-refractivity contribution in [3.8, 4) is 0 Å². The van der Waals surface area contributed by atoms with E-state index >= 15 is 0 Å². The molecule has 166 valence electrons. The summed E-state index contributed by atoms with van der Waals surface area (Å²) in [5.41, 5.74) is 0.318. The van der Waals surface area contributed by atoms with Crippen molar-refractivity contribution in [3.63, 3.8) is 0 Å². The zero-order valence-electron chi connectivity index (χ0n) is 18.8. The number of likely N-dealkylation sites (tertiary alicyclic amines) is 1. The summed E-state index contributed by atoms with van der Waals surface area (Å²) in [4.78, 5) is 32.4. The lowest BCUT2D eigenvalue weighted by molar-refractivity contribution is -0.141. The molecule has 6 nitrogen and oxygen atoms in total. The summed E-state index contributed by atoms with van der Waals surface area (Å²) in [7, 11) is 0. The summed E-state index contributed by atoms with van der Waals surface area (Å²) < 4.78 is 0. The number of rotatable bonds is 4. The quantitative estimate of drug-likeness (QED) is 0.809. The van der Waals surface area contributed by atoms with Gasteiger partial charge < -0.3 is 9.80 Å². The van der Waals surface area contributed by atoms with Crippen LogP contribution in [-0.2, 0) is 15.0 Å². The summed E-state index contributed by atoms with van der Waals surface area (Å²) >= 11 is 0. The van der Waals surface area contributed by atoms with E-state index in [2.05, 4.69) is 24.0 Å². The molecule has 4 fully saturated rings. The fourth-order valence-electron chi connectivity index (χ4n) is 6.70. The molecular weight excluding hydrogens is 388 g/mol. The lowest BCUT2D eigenvalue weighted by atomic mass is 9.77. The molecule has 4 aliphatic rings. The van der Waals surface area contributed by atoms with E-state index in [1.807, 2.05) is 30.0 Å². The third-order valence-electron chi connectivity index (χ3n) is 8.39. The highest BCUT2D eigenvalue weighted by atomic mass is 16.2. The van der Waals surface area contributed by atoms with Gasteiger partial charge in [-0.15, -0.1) is 0 Å². The number of hydrogen-bond acceptors (Lipinski definition) is 3. The number of nitrogens with zero attached hydrogens (tertiary/aromatic N) is 3. The molecule has 1 N–H and O–H groups in total. The fraction of sp³-hybridized carbons (Fsp3) is 0.640. The Hall–Kier alpha value is -2.37. The van der Waals surface area contributed by atoms with Crippen LogP contribution in [0, 0.1) is 11.3 Å². The van der Waals surface area contributed by atoms with Crippen LogP contribution in [0.1, 0.15) is 64.4 Å². The number of fused-ring (bicyclic) bond motifs is 1. The van der Waals surface area contributed by atoms with E-state index < -0.39 is 5.54 Å². The minimum atomic E-state index is -0.502. The van der Waals surface area contributed by atoms with Gasteiger partial charge in [0.15, 0.2) is 0 Å². The summed E-state index contributed by atoms with van der Waals surface area (Å²) in [6, 6.07) is 10.6. The van der Waals surface area contributed by atoms with E-state index in [9.17, 15) is 9.59 Å². The van der Waals surface area contributed by atoms with Crippen molar-refractivity contribution in [1.82, 2.24) is 14.7 Å². The van der Waals surface area contributed by atoms with Crippen LogP contribution in [0.5, 0.6) is 0 Å². The van der Waals surface area contributed by atoms with Crippen molar-refractivity contribution in [3.05, 3.63) is 35.9 Å². The van der Waals surface area contributed by atoms with E-state index in [4.69, 9.17) is 5.41 Å². The molecule has 0 aromatic heterocycles. The van der Waals surface area contributed by atoms with Crippen molar-refractivity contribution in [2.24, 2.45) is 5.92 Å². The molecule has 3 aliphatic heterocycles. The molecule has 1 aromatic carbocycles. The van der Waals surface area contributed by atoms with Crippen LogP contribution >= 0.6 is 0 Å². The average molecular weight is 423 g/mol. The Morgan fingerprint density at radius 2 is 1.77 bits per heavy atom. The van der Waals surface area contributed by atoms with Gasteiger partial charge in [0, 0.05) is 25.7 Å². The van der Waals surface area contributed by atoms with E-state index in [0.717, 1.165) is 58.0 Å². The maximum Gasteiger partial charge on any atom is 0.255 e. The van der Waals surface area contributed by atoms with Crippen molar-refractivity contribution in [2.45, 2.75) is 75.8 Å². The third-order valence-corrected chi connectivity index (χ3v) is 8.39. The zero-order chi connectivity index (χ0) is 21.8. The van der Waals surface area contributed by atoms with Crippen LogP contribution in [0.2, 0.25) is 0 Å². The highest BCUT2D eigenvalue weighted by Gasteiger charge is 2.61. The van der Waals surface area contributed by atoms with Gasteiger partial charge in [-0.2, -0.15) is 0 Å². The topological polar surface area (TPSA) is 67.7 Å². The van der Waals surface area contributed by atoms with Gasteiger partial charge in [0.25, 0.3) is 5.91 Å². The number of piperidine rings is 1. The second-order valence-corrected chi connectivity index (χ2v) is 10.3. The number of carbonyl (C=O) groups excluding carboxylic acids is 2. The number of amides is 2. The molecule has 0 radical (unpaired) electrons. The van der Waals surface area contributed by atoms with Gasteiger partial charge in [-0.3, -0.25) is 19.9 Å². The van der Waals surface area contributed by atoms with Crippen molar-refractivity contribution < 1.29 is 9.59 Å². The monoisotopic (exact) mass is 422 g/mol. The zero-order valence-corrected chi connectivity index (χ0v) is 18.8. The Balaban J connectivity index is 1.23. The summed E-state index contributed by atoms with van der Waals surface area (Å²) in [5, 5.41) is 8.51. The fourth-order valence-corrected chi connectivity index (χ4v) is 6.70. The molecule has 0 spiro atoms.